The Hall–Kier alpha value is -2.37. The molecule has 5 rings (SSSR count). The van der Waals surface area contributed by atoms with E-state index in [-0.39, 0.29) is 0 Å². The maximum Gasteiger partial charge on any atom is 0.164 e. The predicted octanol–water partition coefficient (Wildman–Crippen LogP) is 8.72. The second-order valence-corrected chi connectivity index (χ2v) is 12.0. The molecule has 178 valence electrons. The van der Waals surface area contributed by atoms with Crippen LogP contribution >= 0.6 is 56.1 Å². The summed E-state index contributed by atoms with van der Waals surface area (Å²) in [5.41, 5.74) is 0. The number of hydrogen-bond donors (Lipinski definition) is 1. The highest BCUT2D eigenvalue weighted by Crippen LogP contribution is 2.52. The summed E-state index contributed by atoms with van der Waals surface area (Å²) in [6.07, 6.45) is 0. The van der Waals surface area contributed by atoms with Gasteiger partial charge >= 0.3 is 0 Å². The standard InChI is InChI=1S/C28H22I2O4S/c29-27-13-11-20(33-27)18-31-22-15-23(32-19-21-12-14-28(30)34-21)17-26(16-22)35(24-7-3-1-4-8-24)25-9-5-2-6-10-25/h1-17,35H,18-19H2. The lowest BCUT2D eigenvalue weighted by atomic mass is 10.3. The molecule has 0 radical (unpaired) electrons. The Labute approximate surface area is 234 Å². The monoisotopic (exact) mass is 708 g/mol. The zero-order chi connectivity index (χ0) is 24.0. The molecule has 0 aliphatic carbocycles. The molecule has 7 heteroatoms. The highest BCUT2D eigenvalue weighted by Gasteiger charge is 2.16. The molecule has 2 aromatic heterocycles. The minimum absolute atomic E-state index is 0.344. The lowest BCUT2D eigenvalue weighted by Gasteiger charge is -2.24. The second-order valence-electron chi connectivity index (χ2n) is 7.66. The normalized spacial score (nSPS) is 11.3. The van der Waals surface area contributed by atoms with Crippen molar-refractivity contribution < 1.29 is 18.3 Å². The van der Waals surface area contributed by atoms with Crippen LogP contribution in [-0.4, -0.2) is 0 Å². The van der Waals surface area contributed by atoms with E-state index >= 15 is 0 Å². The van der Waals surface area contributed by atoms with Crippen LogP contribution in [0.3, 0.4) is 0 Å². The third kappa shape index (κ3) is 6.45. The first-order chi connectivity index (χ1) is 17.1. The molecule has 0 bridgehead atoms. The Bertz CT molecular complexity index is 1280. The van der Waals surface area contributed by atoms with Crippen molar-refractivity contribution in [1.82, 2.24) is 0 Å². The molecule has 0 aliphatic rings. The van der Waals surface area contributed by atoms with Gasteiger partial charge in [0.05, 0.1) is 0 Å². The molecule has 0 aliphatic heterocycles. The molecule has 0 atom stereocenters. The summed E-state index contributed by atoms with van der Waals surface area (Å²) in [7, 11) is -0.809. The molecule has 35 heavy (non-hydrogen) atoms. The number of benzene rings is 3. The number of hydrogen-bond acceptors (Lipinski definition) is 4. The quantitative estimate of drug-likeness (QED) is 0.123. The lowest BCUT2D eigenvalue weighted by Crippen LogP contribution is -1.98. The molecule has 0 amide bonds. The minimum Gasteiger partial charge on any atom is -0.485 e. The first-order valence-corrected chi connectivity index (χ1v) is 14.4. The molecule has 3 aromatic carbocycles. The molecule has 2 heterocycles. The smallest absolute Gasteiger partial charge is 0.164 e. The molecule has 0 saturated carbocycles. The van der Waals surface area contributed by atoms with Gasteiger partial charge in [0.1, 0.15) is 36.2 Å². The molecular formula is C28H22I2O4S. The summed E-state index contributed by atoms with van der Waals surface area (Å²) in [5.74, 6) is 3.02. The summed E-state index contributed by atoms with van der Waals surface area (Å²) in [4.78, 5) is 3.67. The van der Waals surface area contributed by atoms with Gasteiger partial charge in [-0.05, 0) is 116 Å². The van der Waals surface area contributed by atoms with E-state index in [0.717, 1.165) is 35.4 Å². The SMILES string of the molecule is Ic1ccc(COc2cc(OCc3ccc(I)o3)cc([SH](c3ccccc3)c3ccccc3)c2)o1. The van der Waals surface area contributed by atoms with Gasteiger partial charge in [-0.2, -0.15) is 10.9 Å². The number of furan rings is 2. The Kier molecular flexibility index (Phi) is 8.05. The highest BCUT2D eigenvalue weighted by atomic mass is 127. The van der Waals surface area contributed by atoms with Crippen LogP contribution in [0.1, 0.15) is 11.5 Å². The Morgan fingerprint density at radius 1 is 0.543 bits per heavy atom. The highest BCUT2D eigenvalue weighted by molar-refractivity contribution is 14.1. The van der Waals surface area contributed by atoms with Crippen LogP contribution in [-0.2, 0) is 13.2 Å². The van der Waals surface area contributed by atoms with Crippen molar-refractivity contribution in [3.05, 3.63) is 122 Å². The van der Waals surface area contributed by atoms with Gasteiger partial charge in [-0.25, -0.2) is 0 Å². The fourth-order valence-electron chi connectivity index (χ4n) is 3.62. The Balaban J connectivity index is 1.51. The van der Waals surface area contributed by atoms with Crippen molar-refractivity contribution in [2.45, 2.75) is 27.9 Å². The topological polar surface area (TPSA) is 44.7 Å². The van der Waals surface area contributed by atoms with E-state index in [2.05, 4.69) is 106 Å². The molecule has 0 spiro atoms. The van der Waals surface area contributed by atoms with Crippen molar-refractivity contribution in [3.8, 4) is 11.5 Å². The van der Waals surface area contributed by atoms with Gasteiger partial charge in [-0.15, -0.1) is 0 Å². The van der Waals surface area contributed by atoms with Crippen LogP contribution in [0.25, 0.3) is 0 Å². The maximum absolute atomic E-state index is 6.17. The van der Waals surface area contributed by atoms with Crippen LogP contribution in [0.15, 0.2) is 127 Å². The first kappa shape index (κ1) is 24.3. The summed E-state index contributed by atoms with van der Waals surface area (Å²) in [5, 5.41) is 0. The largest absolute Gasteiger partial charge is 0.485 e. The van der Waals surface area contributed by atoms with E-state index < -0.39 is 10.9 Å². The van der Waals surface area contributed by atoms with Gasteiger partial charge in [0.15, 0.2) is 7.53 Å². The maximum atomic E-state index is 6.17. The average molecular weight is 708 g/mol. The predicted molar refractivity (Wildman–Crippen MR) is 155 cm³/mol. The number of thiol groups is 1. The fourth-order valence-corrected chi connectivity index (χ4v) is 6.89. The van der Waals surface area contributed by atoms with E-state index in [0.29, 0.717) is 13.2 Å². The number of halogens is 2. The summed E-state index contributed by atoms with van der Waals surface area (Å²) < 4.78 is 25.4. The van der Waals surface area contributed by atoms with E-state index in [9.17, 15) is 0 Å². The van der Waals surface area contributed by atoms with Crippen LogP contribution < -0.4 is 9.47 Å². The van der Waals surface area contributed by atoms with Gasteiger partial charge in [0.25, 0.3) is 0 Å². The van der Waals surface area contributed by atoms with E-state index in [1.165, 1.54) is 9.79 Å². The molecular weight excluding hydrogens is 686 g/mol. The van der Waals surface area contributed by atoms with E-state index in [1.54, 1.807) is 0 Å². The molecule has 0 fully saturated rings. The van der Waals surface area contributed by atoms with Gasteiger partial charge in [-0.3, -0.25) is 0 Å². The third-order valence-corrected chi connectivity index (χ3v) is 8.73. The van der Waals surface area contributed by atoms with Crippen LogP contribution in [0.5, 0.6) is 11.5 Å². The van der Waals surface area contributed by atoms with Gasteiger partial charge in [-0.1, -0.05) is 36.4 Å². The zero-order valence-electron chi connectivity index (χ0n) is 18.6. The summed E-state index contributed by atoms with van der Waals surface area (Å²) in [6.45, 7) is 0.688. The van der Waals surface area contributed by atoms with Crippen molar-refractivity contribution in [2.24, 2.45) is 0 Å². The third-order valence-electron chi connectivity index (χ3n) is 5.17. The molecule has 0 unspecified atom stereocenters. The molecule has 5 aromatic rings. The summed E-state index contributed by atoms with van der Waals surface area (Å²) >= 11 is 4.31. The van der Waals surface area contributed by atoms with Gasteiger partial charge < -0.3 is 18.3 Å². The van der Waals surface area contributed by atoms with Gasteiger partial charge in [0, 0.05) is 11.0 Å². The summed E-state index contributed by atoms with van der Waals surface area (Å²) in [6, 6.07) is 35.0. The first-order valence-electron chi connectivity index (χ1n) is 10.9. The minimum atomic E-state index is -0.809. The van der Waals surface area contributed by atoms with Gasteiger partial charge in [0.2, 0.25) is 0 Å². The van der Waals surface area contributed by atoms with Crippen LogP contribution in [0, 0.1) is 7.53 Å². The van der Waals surface area contributed by atoms with Crippen molar-refractivity contribution in [3.63, 3.8) is 0 Å². The van der Waals surface area contributed by atoms with Crippen molar-refractivity contribution in [2.75, 3.05) is 0 Å². The molecule has 4 nitrogen and oxygen atoms in total. The number of ether oxygens (including phenoxy) is 2. The van der Waals surface area contributed by atoms with E-state index in [1.807, 2.05) is 42.5 Å². The average Bonchev–Trinajstić information content (AvgIpc) is 3.50. The molecule has 0 N–H and O–H groups in total. The van der Waals surface area contributed by atoms with Crippen molar-refractivity contribution in [1.29, 1.82) is 0 Å². The Morgan fingerprint density at radius 3 is 1.40 bits per heavy atom. The zero-order valence-corrected chi connectivity index (χ0v) is 23.8. The Morgan fingerprint density at radius 2 is 1.00 bits per heavy atom. The molecule has 0 saturated heterocycles. The van der Waals surface area contributed by atoms with E-state index in [4.69, 9.17) is 18.3 Å². The van der Waals surface area contributed by atoms with Crippen molar-refractivity contribution >= 4 is 56.1 Å². The second kappa shape index (κ2) is 11.6. The van der Waals surface area contributed by atoms with Crippen LogP contribution in [0.2, 0.25) is 0 Å². The lowest BCUT2D eigenvalue weighted by molar-refractivity contribution is 0.253. The van der Waals surface area contributed by atoms with Crippen LogP contribution in [0.4, 0.5) is 0 Å². The fraction of sp³-hybridized carbons (Fsp3) is 0.0714. The number of rotatable bonds is 9.